The van der Waals surface area contributed by atoms with E-state index >= 15 is 0 Å². The Morgan fingerprint density at radius 3 is 2.70 bits per heavy atom. The second kappa shape index (κ2) is 7.95. The first kappa shape index (κ1) is 18.0. The zero-order chi connectivity index (χ0) is 16.9. The predicted octanol–water partition coefficient (Wildman–Crippen LogP) is 3.81. The van der Waals surface area contributed by atoms with Crippen LogP contribution in [-0.4, -0.2) is 35.0 Å². The Morgan fingerprint density at radius 1 is 1.35 bits per heavy atom. The molecule has 1 aliphatic rings. The third kappa shape index (κ3) is 4.34. The largest absolute Gasteiger partial charge is 0.481 e. The maximum absolute atomic E-state index is 12.3. The highest BCUT2D eigenvalue weighted by Gasteiger charge is 2.48. The molecular weight excluding hydrogens is 310 g/mol. The Balaban J connectivity index is 1.71. The van der Waals surface area contributed by atoms with Crippen molar-refractivity contribution in [3.8, 4) is 0 Å². The van der Waals surface area contributed by atoms with Gasteiger partial charge in [0.25, 0.3) is 0 Å². The van der Waals surface area contributed by atoms with Crippen molar-refractivity contribution in [2.45, 2.75) is 52.4 Å². The van der Waals surface area contributed by atoms with Gasteiger partial charge in [-0.2, -0.15) is 0 Å². The average Bonchev–Trinajstić information content (AvgIpc) is 3.16. The molecule has 1 aliphatic heterocycles. The smallest absolute Gasteiger partial charge is 0.311 e. The van der Waals surface area contributed by atoms with Gasteiger partial charge in [-0.1, -0.05) is 26.3 Å². The molecule has 0 bridgehead atoms. The molecule has 0 aliphatic carbocycles. The number of hydrogen-bond donors (Lipinski definition) is 1. The number of nitrogens with zero attached hydrogens (tertiary/aromatic N) is 1. The van der Waals surface area contributed by atoms with E-state index in [0.29, 0.717) is 25.9 Å². The van der Waals surface area contributed by atoms with Gasteiger partial charge in [-0.3, -0.25) is 9.59 Å². The van der Waals surface area contributed by atoms with Crippen LogP contribution in [0, 0.1) is 11.3 Å². The van der Waals surface area contributed by atoms with Crippen molar-refractivity contribution < 1.29 is 14.7 Å². The van der Waals surface area contributed by atoms with Crippen LogP contribution in [0.3, 0.4) is 0 Å². The average molecular weight is 337 g/mol. The summed E-state index contributed by atoms with van der Waals surface area (Å²) < 4.78 is 0. The summed E-state index contributed by atoms with van der Waals surface area (Å²) in [5.41, 5.74) is -0.755. The zero-order valence-corrected chi connectivity index (χ0v) is 14.9. The number of aryl methyl sites for hydroxylation is 1. The Morgan fingerprint density at radius 2 is 2.13 bits per heavy atom. The van der Waals surface area contributed by atoms with Crippen LogP contribution in [-0.2, 0) is 16.0 Å². The molecule has 1 atom stereocenters. The lowest BCUT2D eigenvalue weighted by atomic mass is 9.76. The number of amides is 1. The highest BCUT2D eigenvalue weighted by molar-refractivity contribution is 7.09. The first-order valence-corrected chi connectivity index (χ1v) is 9.37. The molecule has 1 unspecified atom stereocenters. The monoisotopic (exact) mass is 337 g/mol. The number of hydrogen-bond acceptors (Lipinski definition) is 3. The summed E-state index contributed by atoms with van der Waals surface area (Å²) in [5.74, 6) is -0.604. The van der Waals surface area contributed by atoms with Crippen molar-refractivity contribution in [3.63, 3.8) is 0 Å². The molecule has 1 saturated heterocycles. The van der Waals surface area contributed by atoms with Gasteiger partial charge in [0, 0.05) is 24.4 Å². The van der Waals surface area contributed by atoms with Crippen molar-refractivity contribution in [1.29, 1.82) is 0 Å². The van der Waals surface area contributed by atoms with Gasteiger partial charge in [-0.05, 0) is 43.0 Å². The minimum atomic E-state index is -0.765. The number of thiophene rings is 1. The summed E-state index contributed by atoms with van der Waals surface area (Å²) in [5, 5.41) is 11.6. The first-order chi connectivity index (χ1) is 11.0. The molecule has 1 fully saturated rings. The van der Waals surface area contributed by atoms with Gasteiger partial charge in [-0.25, -0.2) is 0 Å². The number of rotatable bonds is 8. The second-order valence-corrected chi connectivity index (χ2v) is 7.85. The lowest BCUT2D eigenvalue weighted by Crippen LogP contribution is -2.40. The van der Waals surface area contributed by atoms with Gasteiger partial charge < -0.3 is 10.0 Å². The van der Waals surface area contributed by atoms with Crippen LogP contribution in [0.25, 0.3) is 0 Å². The van der Waals surface area contributed by atoms with Crippen LogP contribution >= 0.6 is 11.3 Å². The summed E-state index contributed by atoms with van der Waals surface area (Å²) in [4.78, 5) is 27.1. The van der Waals surface area contributed by atoms with E-state index in [1.807, 2.05) is 13.8 Å². The maximum atomic E-state index is 12.3. The van der Waals surface area contributed by atoms with Crippen molar-refractivity contribution in [2.24, 2.45) is 11.3 Å². The van der Waals surface area contributed by atoms with E-state index in [1.165, 1.54) is 4.88 Å². The summed E-state index contributed by atoms with van der Waals surface area (Å²) >= 11 is 1.78. The van der Waals surface area contributed by atoms with E-state index in [1.54, 1.807) is 16.2 Å². The molecule has 0 aromatic carbocycles. The lowest BCUT2D eigenvalue weighted by molar-refractivity contribution is -0.151. The van der Waals surface area contributed by atoms with Gasteiger partial charge in [0.2, 0.25) is 5.91 Å². The first-order valence-electron chi connectivity index (χ1n) is 8.49. The predicted molar refractivity (Wildman–Crippen MR) is 92.6 cm³/mol. The maximum Gasteiger partial charge on any atom is 0.311 e. The fraction of sp³-hybridized carbons (Fsp3) is 0.667. The quantitative estimate of drug-likeness (QED) is 0.734. The van der Waals surface area contributed by atoms with Crippen LogP contribution < -0.4 is 0 Å². The molecule has 2 rings (SSSR count). The van der Waals surface area contributed by atoms with Gasteiger partial charge in [-0.15, -0.1) is 11.3 Å². The molecule has 1 amide bonds. The Bertz CT molecular complexity index is 526. The fourth-order valence-corrected chi connectivity index (χ4v) is 4.06. The number of carboxylic acids is 1. The minimum Gasteiger partial charge on any atom is -0.481 e. The minimum absolute atomic E-state index is 0.0450. The molecule has 0 radical (unpaired) electrons. The van der Waals surface area contributed by atoms with E-state index in [0.717, 1.165) is 25.7 Å². The molecular formula is C18H27NO3S. The molecule has 128 valence electrons. The third-order valence-corrected chi connectivity index (χ3v) is 6.01. The Labute approximate surface area is 142 Å². The second-order valence-electron chi connectivity index (χ2n) is 6.82. The standard InChI is InChI=1S/C18H27NO3S/c1-14(2)18(17(21)22)10-11-19(13-18)16(20)9-5-3-4-7-15-8-6-12-23-15/h6,8,12,14H,3-5,7,9-11,13H2,1-2H3,(H,21,22). The number of carboxylic acid groups (broad SMARTS) is 1. The molecule has 0 saturated carbocycles. The van der Waals surface area contributed by atoms with Gasteiger partial charge in [0.1, 0.15) is 0 Å². The van der Waals surface area contributed by atoms with Crippen molar-refractivity contribution in [3.05, 3.63) is 22.4 Å². The molecule has 5 heteroatoms. The van der Waals surface area contributed by atoms with Crippen molar-refractivity contribution in [1.82, 2.24) is 4.90 Å². The normalized spacial score (nSPS) is 21.1. The van der Waals surface area contributed by atoms with Crippen molar-refractivity contribution >= 4 is 23.2 Å². The summed E-state index contributed by atoms with van der Waals surface area (Å²) in [6.45, 7) is 4.83. The van der Waals surface area contributed by atoms with Gasteiger partial charge in [0.05, 0.1) is 5.41 Å². The van der Waals surface area contributed by atoms with E-state index in [-0.39, 0.29) is 11.8 Å². The fourth-order valence-electron chi connectivity index (χ4n) is 3.30. The summed E-state index contributed by atoms with van der Waals surface area (Å²) in [7, 11) is 0. The number of aliphatic carboxylic acids is 1. The number of carbonyl (C=O) groups is 2. The SMILES string of the molecule is CC(C)C1(C(=O)O)CCN(C(=O)CCCCCc2cccs2)C1. The Kier molecular flexibility index (Phi) is 6.22. The van der Waals surface area contributed by atoms with Crippen LogP contribution in [0.4, 0.5) is 0 Å². The highest BCUT2D eigenvalue weighted by atomic mass is 32.1. The van der Waals surface area contributed by atoms with Gasteiger partial charge in [0.15, 0.2) is 0 Å². The topological polar surface area (TPSA) is 57.6 Å². The van der Waals surface area contributed by atoms with Crippen LogP contribution in [0.15, 0.2) is 17.5 Å². The summed E-state index contributed by atoms with van der Waals surface area (Å²) in [6.07, 6.45) is 5.25. The highest BCUT2D eigenvalue weighted by Crippen LogP contribution is 2.38. The third-order valence-electron chi connectivity index (χ3n) is 5.08. The van der Waals surface area contributed by atoms with E-state index in [2.05, 4.69) is 17.5 Å². The van der Waals surface area contributed by atoms with Crippen LogP contribution in [0.2, 0.25) is 0 Å². The molecule has 23 heavy (non-hydrogen) atoms. The molecule has 1 N–H and O–H groups in total. The lowest BCUT2D eigenvalue weighted by Gasteiger charge is -2.28. The molecule has 1 aromatic heterocycles. The summed E-state index contributed by atoms with van der Waals surface area (Å²) in [6, 6.07) is 4.22. The van der Waals surface area contributed by atoms with Crippen LogP contribution in [0.1, 0.15) is 50.8 Å². The molecule has 4 nitrogen and oxygen atoms in total. The zero-order valence-electron chi connectivity index (χ0n) is 14.1. The van der Waals surface area contributed by atoms with Crippen molar-refractivity contribution in [2.75, 3.05) is 13.1 Å². The number of unbranched alkanes of at least 4 members (excludes halogenated alkanes) is 2. The number of carbonyl (C=O) groups excluding carboxylic acids is 1. The van der Waals surface area contributed by atoms with Gasteiger partial charge >= 0.3 is 5.97 Å². The number of likely N-dealkylation sites (tertiary alicyclic amines) is 1. The molecule has 2 heterocycles. The van der Waals surface area contributed by atoms with Crippen LogP contribution in [0.5, 0.6) is 0 Å². The van der Waals surface area contributed by atoms with E-state index in [9.17, 15) is 14.7 Å². The molecule has 0 spiro atoms. The molecule has 1 aromatic rings. The van der Waals surface area contributed by atoms with E-state index < -0.39 is 11.4 Å². The Hall–Kier alpha value is -1.36. The van der Waals surface area contributed by atoms with E-state index in [4.69, 9.17) is 0 Å².